The molecule has 1 aromatic heterocycles. The Morgan fingerprint density at radius 3 is 2.89 bits per heavy atom. The lowest BCUT2D eigenvalue weighted by molar-refractivity contribution is -0.141. The number of carbonyl (C=O) groups is 1. The van der Waals surface area contributed by atoms with Crippen LogP contribution in [0.4, 0.5) is 0 Å². The summed E-state index contributed by atoms with van der Waals surface area (Å²) < 4.78 is 27.9. The van der Waals surface area contributed by atoms with Crippen LogP contribution >= 0.6 is 0 Å². The molecule has 2 heterocycles. The molecule has 1 saturated carbocycles. The highest BCUT2D eigenvalue weighted by atomic mass is 32.2. The van der Waals surface area contributed by atoms with Crippen LogP contribution in [0.3, 0.4) is 0 Å². The predicted molar refractivity (Wildman–Crippen MR) is 64.3 cm³/mol. The van der Waals surface area contributed by atoms with E-state index < -0.39 is 22.2 Å². The van der Waals surface area contributed by atoms with Gasteiger partial charge in [0, 0.05) is 12.5 Å². The first-order valence-corrected chi connectivity index (χ1v) is 7.44. The second-order valence-corrected chi connectivity index (χ2v) is 6.48. The van der Waals surface area contributed by atoms with Gasteiger partial charge in [-0.25, -0.2) is 4.98 Å². The molecule has 1 aliphatic heterocycles. The summed E-state index contributed by atoms with van der Waals surface area (Å²) in [6, 6.07) is -1.16. The molecule has 19 heavy (non-hydrogen) atoms. The molecule has 1 atom stereocenters. The van der Waals surface area contributed by atoms with Gasteiger partial charge in [-0.1, -0.05) is 0 Å². The zero-order valence-corrected chi connectivity index (χ0v) is 10.9. The van der Waals surface area contributed by atoms with Gasteiger partial charge in [-0.05, 0) is 12.8 Å². The molecule has 0 amide bonds. The summed E-state index contributed by atoms with van der Waals surface area (Å²) >= 11 is 0. The number of rotatable bonds is 4. The standard InChI is InChI=1S/C10H14N4O4S/c15-10(16)9-3-7-8(12-5-11-7)4-14(9)19(17,18)13-6-1-2-6/h5-6,9,13H,1-4H2,(H,11,12)(H,15,16). The van der Waals surface area contributed by atoms with Crippen molar-refractivity contribution in [3.63, 3.8) is 0 Å². The van der Waals surface area contributed by atoms with E-state index in [2.05, 4.69) is 14.7 Å². The Hall–Kier alpha value is -1.45. The molecular weight excluding hydrogens is 272 g/mol. The van der Waals surface area contributed by atoms with Gasteiger partial charge in [0.25, 0.3) is 10.2 Å². The highest BCUT2D eigenvalue weighted by Gasteiger charge is 2.41. The molecule has 2 aliphatic rings. The van der Waals surface area contributed by atoms with Gasteiger partial charge in [-0.15, -0.1) is 0 Å². The molecule has 1 fully saturated rings. The third kappa shape index (κ3) is 2.36. The quantitative estimate of drug-likeness (QED) is 0.671. The first-order chi connectivity index (χ1) is 8.97. The summed E-state index contributed by atoms with van der Waals surface area (Å²) in [5, 5.41) is 9.21. The smallest absolute Gasteiger partial charge is 0.322 e. The molecule has 1 unspecified atom stereocenters. The molecule has 1 aromatic rings. The Labute approximate surface area is 110 Å². The van der Waals surface area contributed by atoms with Crippen LogP contribution in [-0.2, 0) is 28.0 Å². The van der Waals surface area contributed by atoms with Crippen molar-refractivity contribution >= 4 is 16.2 Å². The van der Waals surface area contributed by atoms with Crippen molar-refractivity contribution in [1.82, 2.24) is 19.0 Å². The number of aromatic nitrogens is 2. The van der Waals surface area contributed by atoms with E-state index in [1.54, 1.807) is 0 Å². The minimum Gasteiger partial charge on any atom is -0.480 e. The molecule has 1 aliphatic carbocycles. The van der Waals surface area contributed by atoms with Crippen molar-refractivity contribution in [3.8, 4) is 0 Å². The summed E-state index contributed by atoms with van der Waals surface area (Å²) in [5.74, 6) is -1.16. The number of carboxylic acid groups (broad SMARTS) is 1. The molecule has 104 valence electrons. The summed E-state index contributed by atoms with van der Waals surface area (Å²) in [6.07, 6.45) is 3.15. The van der Waals surface area contributed by atoms with Gasteiger partial charge in [0.05, 0.1) is 24.3 Å². The average molecular weight is 286 g/mol. The number of imidazole rings is 1. The van der Waals surface area contributed by atoms with Crippen molar-refractivity contribution < 1.29 is 18.3 Å². The highest BCUT2D eigenvalue weighted by molar-refractivity contribution is 7.87. The van der Waals surface area contributed by atoms with E-state index in [4.69, 9.17) is 0 Å². The SMILES string of the molecule is O=C(O)C1Cc2nc[nH]c2CN1S(=O)(=O)NC1CC1. The van der Waals surface area contributed by atoms with Crippen LogP contribution < -0.4 is 4.72 Å². The molecule has 9 heteroatoms. The Morgan fingerprint density at radius 1 is 1.53 bits per heavy atom. The fourth-order valence-corrected chi connectivity index (χ4v) is 3.75. The largest absolute Gasteiger partial charge is 0.480 e. The van der Waals surface area contributed by atoms with E-state index in [9.17, 15) is 18.3 Å². The van der Waals surface area contributed by atoms with E-state index in [0.29, 0.717) is 11.4 Å². The van der Waals surface area contributed by atoms with Crippen LogP contribution in [0.25, 0.3) is 0 Å². The number of nitrogens with zero attached hydrogens (tertiary/aromatic N) is 2. The zero-order valence-electron chi connectivity index (χ0n) is 10.0. The number of nitrogens with one attached hydrogen (secondary N) is 2. The van der Waals surface area contributed by atoms with Gasteiger partial charge in [-0.3, -0.25) is 4.79 Å². The fourth-order valence-electron chi connectivity index (χ4n) is 2.16. The van der Waals surface area contributed by atoms with Gasteiger partial charge in [0.15, 0.2) is 0 Å². The lowest BCUT2D eigenvalue weighted by atomic mass is 10.1. The van der Waals surface area contributed by atoms with Gasteiger partial charge in [0.2, 0.25) is 0 Å². The van der Waals surface area contributed by atoms with Crippen LogP contribution in [0.2, 0.25) is 0 Å². The Bertz CT molecular complexity index is 607. The molecule has 8 nitrogen and oxygen atoms in total. The van der Waals surface area contributed by atoms with Crippen LogP contribution in [0, 0.1) is 0 Å². The van der Waals surface area contributed by atoms with Gasteiger partial charge in [0.1, 0.15) is 6.04 Å². The fraction of sp³-hybridized carbons (Fsp3) is 0.600. The first-order valence-electron chi connectivity index (χ1n) is 6.00. The monoisotopic (exact) mass is 286 g/mol. The molecule has 0 radical (unpaired) electrons. The number of aromatic amines is 1. The first kappa shape index (κ1) is 12.6. The number of carboxylic acids is 1. The molecule has 3 N–H and O–H groups in total. The third-order valence-corrected chi connectivity index (χ3v) is 4.97. The lowest BCUT2D eigenvalue weighted by Gasteiger charge is -2.31. The van der Waals surface area contributed by atoms with E-state index in [0.717, 1.165) is 17.1 Å². The van der Waals surface area contributed by atoms with Crippen molar-refractivity contribution in [2.24, 2.45) is 0 Å². The van der Waals surface area contributed by atoms with E-state index in [-0.39, 0.29) is 19.0 Å². The Kier molecular flexibility index (Phi) is 2.84. The third-order valence-electron chi connectivity index (χ3n) is 3.34. The molecule has 3 rings (SSSR count). The van der Waals surface area contributed by atoms with Crippen LogP contribution in [0.1, 0.15) is 24.2 Å². The second kappa shape index (κ2) is 4.29. The summed E-state index contributed by atoms with van der Waals surface area (Å²) in [7, 11) is -3.78. The molecule has 0 saturated heterocycles. The number of fused-ring (bicyclic) bond motifs is 1. The summed E-state index contributed by atoms with van der Waals surface area (Å²) in [5.41, 5.74) is 1.27. The van der Waals surface area contributed by atoms with Gasteiger partial charge in [-0.2, -0.15) is 17.4 Å². The number of H-pyrrole nitrogens is 1. The minimum atomic E-state index is -3.78. The normalized spacial score (nSPS) is 24.1. The number of hydrogen-bond acceptors (Lipinski definition) is 4. The minimum absolute atomic E-state index is 0.00829. The van der Waals surface area contributed by atoms with Crippen molar-refractivity contribution in [2.75, 3.05) is 0 Å². The predicted octanol–water partition coefficient (Wildman–Crippen LogP) is -0.782. The average Bonchev–Trinajstić information content (AvgIpc) is 3.02. The Balaban J connectivity index is 1.91. The highest BCUT2D eigenvalue weighted by Crippen LogP contribution is 2.26. The number of aliphatic carboxylic acids is 1. The van der Waals surface area contributed by atoms with E-state index >= 15 is 0 Å². The molecular formula is C10H14N4O4S. The van der Waals surface area contributed by atoms with E-state index in [1.165, 1.54) is 6.33 Å². The van der Waals surface area contributed by atoms with E-state index in [1.807, 2.05) is 0 Å². The maximum Gasteiger partial charge on any atom is 0.322 e. The van der Waals surface area contributed by atoms with Crippen LogP contribution in [-0.4, -0.2) is 45.9 Å². The molecule has 0 bridgehead atoms. The summed E-state index contributed by atoms with van der Waals surface area (Å²) in [4.78, 5) is 18.1. The van der Waals surface area contributed by atoms with Crippen LogP contribution in [0.15, 0.2) is 6.33 Å². The van der Waals surface area contributed by atoms with Crippen LogP contribution in [0.5, 0.6) is 0 Å². The molecule has 0 aromatic carbocycles. The van der Waals surface area contributed by atoms with Crippen molar-refractivity contribution in [2.45, 2.75) is 37.9 Å². The topological polar surface area (TPSA) is 115 Å². The zero-order chi connectivity index (χ0) is 13.6. The maximum atomic E-state index is 12.2. The lowest BCUT2D eigenvalue weighted by Crippen LogP contribution is -2.52. The summed E-state index contributed by atoms with van der Waals surface area (Å²) in [6.45, 7) is 0.00829. The Morgan fingerprint density at radius 2 is 2.26 bits per heavy atom. The maximum absolute atomic E-state index is 12.2. The van der Waals surface area contributed by atoms with Crippen molar-refractivity contribution in [1.29, 1.82) is 0 Å². The molecule has 0 spiro atoms. The van der Waals surface area contributed by atoms with Crippen molar-refractivity contribution in [3.05, 3.63) is 17.7 Å². The van der Waals surface area contributed by atoms with Gasteiger partial charge >= 0.3 is 5.97 Å². The number of hydrogen-bond donors (Lipinski definition) is 3. The van der Waals surface area contributed by atoms with Gasteiger partial charge < -0.3 is 10.1 Å². The second-order valence-electron chi connectivity index (χ2n) is 4.83.